The van der Waals surface area contributed by atoms with Crippen molar-refractivity contribution in [3.63, 3.8) is 0 Å². The maximum absolute atomic E-state index is 11.9. The molecule has 2 rings (SSSR count). The summed E-state index contributed by atoms with van der Waals surface area (Å²) in [7, 11) is 0. The van der Waals surface area contributed by atoms with Crippen molar-refractivity contribution in [3.8, 4) is 0 Å². The van der Waals surface area contributed by atoms with Crippen LogP contribution in [0, 0.1) is 0 Å². The first-order valence-electron chi connectivity index (χ1n) is 5.14. The predicted octanol–water partition coefficient (Wildman–Crippen LogP) is 0.655. The van der Waals surface area contributed by atoms with E-state index in [1.165, 1.54) is 0 Å². The van der Waals surface area contributed by atoms with E-state index in [0.29, 0.717) is 7.16 Å². The summed E-state index contributed by atoms with van der Waals surface area (Å²) in [6.07, 6.45) is 0. The summed E-state index contributed by atoms with van der Waals surface area (Å²) in [5.41, 5.74) is 0. The normalized spacial score (nSPS) is 9.88. The van der Waals surface area contributed by atoms with Crippen LogP contribution >= 0.6 is 0 Å². The van der Waals surface area contributed by atoms with Gasteiger partial charge in [-0.25, -0.2) is 0 Å². The van der Waals surface area contributed by atoms with E-state index < -0.39 is 40.3 Å². The summed E-state index contributed by atoms with van der Waals surface area (Å²) in [6.45, 7) is 0. The zero-order valence-corrected chi connectivity index (χ0v) is 14.7. The molecule has 3 nitrogen and oxygen atoms in total. The Morgan fingerprint density at radius 2 is 1.00 bits per heavy atom. The summed E-state index contributed by atoms with van der Waals surface area (Å²) >= 11 is -6.70. The van der Waals surface area contributed by atoms with Crippen LogP contribution in [-0.2, 0) is 7.57 Å². The molecular formula is C12H10O3Sn2. The Bertz CT molecular complexity index is 476. The standard InChI is InChI=1S/2C6H5.3O.2Sn/c2*1-2-4-6-5-3-1;;;;;/h2*1-5H;;;;;. The van der Waals surface area contributed by atoms with Gasteiger partial charge in [0.2, 0.25) is 0 Å². The summed E-state index contributed by atoms with van der Waals surface area (Å²) < 4.78 is 30.6. The molecule has 0 aromatic heterocycles. The second-order valence-corrected chi connectivity index (χ2v) is 14.5. The Labute approximate surface area is 115 Å². The molecule has 0 unspecified atom stereocenters. The van der Waals surface area contributed by atoms with Crippen molar-refractivity contribution in [2.24, 2.45) is 0 Å². The fourth-order valence-corrected chi connectivity index (χ4v) is 12.9. The first-order chi connectivity index (χ1) is 8.27. The van der Waals surface area contributed by atoms with Gasteiger partial charge in [-0.1, -0.05) is 0 Å². The first-order valence-corrected chi connectivity index (χ1v) is 12.7. The van der Waals surface area contributed by atoms with Crippen molar-refractivity contribution in [2.75, 3.05) is 0 Å². The van der Waals surface area contributed by atoms with Crippen LogP contribution in [0.1, 0.15) is 0 Å². The van der Waals surface area contributed by atoms with Crippen molar-refractivity contribution in [3.05, 3.63) is 60.7 Å². The van der Waals surface area contributed by atoms with Gasteiger partial charge in [-0.3, -0.25) is 0 Å². The number of hydrogen-bond acceptors (Lipinski definition) is 3. The zero-order valence-electron chi connectivity index (χ0n) is 9.00. The summed E-state index contributed by atoms with van der Waals surface area (Å²) in [5, 5.41) is 0. The van der Waals surface area contributed by atoms with Gasteiger partial charge in [0.25, 0.3) is 0 Å². The Balaban J connectivity index is 2.08. The van der Waals surface area contributed by atoms with Gasteiger partial charge in [-0.05, 0) is 0 Å². The van der Waals surface area contributed by atoms with E-state index in [4.69, 9.17) is 1.41 Å². The second-order valence-electron chi connectivity index (χ2n) is 3.41. The Hall–Kier alpha value is -0.403. The monoisotopic (exact) mass is 442 g/mol. The third-order valence-electron chi connectivity index (χ3n) is 2.20. The molecule has 17 heavy (non-hydrogen) atoms. The van der Waals surface area contributed by atoms with Crippen LogP contribution in [-0.4, -0.2) is 40.3 Å². The van der Waals surface area contributed by atoms with Crippen LogP contribution in [0.4, 0.5) is 0 Å². The van der Waals surface area contributed by atoms with Crippen molar-refractivity contribution in [2.45, 2.75) is 0 Å². The van der Waals surface area contributed by atoms with Crippen LogP contribution in [0.3, 0.4) is 0 Å². The summed E-state index contributed by atoms with van der Waals surface area (Å²) in [6, 6.07) is 18.0. The molecule has 0 aliphatic rings. The van der Waals surface area contributed by atoms with E-state index in [2.05, 4.69) is 0 Å². The van der Waals surface area contributed by atoms with Crippen LogP contribution < -0.4 is 7.16 Å². The van der Waals surface area contributed by atoms with Gasteiger partial charge < -0.3 is 0 Å². The molecule has 5 heteroatoms. The molecule has 0 saturated heterocycles. The topological polar surface area (TPSA) is 43.4 Å². The second kappa shape index (κ2) is 6.51. The van der Waals surface area contributed by atoms with E-state index in [9.17, 15) is 6.15 Å². The average Bonchev–Trinajstić information content (AvgIpc) is 2.40. The van der Waals surface area contributed by atoms with Crippen LogP contribution in [0.25, 0.3) is 0 Å². The third kappa shape index (κ3) is 3.79. The molecule has 0 N–H and O–H groups in total. The van der Waals surface area contributed by atoms with Gasteiger partial charge in [0, 0.05) is 0 Å². The van der Waals surface area contributed by atoms with E-state index in [1.807, 2.05) is 36.4 Å². The van der Waals surface area contributed by atoms with E-state index in [1.54, 1.807) is 24.3 Å². The van der Waals surface area contributed by atoms with Crippen molar-refractivity contribution in [1.29, 1.82) is 0 Å². The molecule has 0 saturated carbocycles. The fourth-order valence-electron chi connectivity index (χ4n) is 1.35. The predicted molar refractivity (Wildman–Crippen MR) is 66.1 cm³/mol. The Morgan fingerprint density at radius 1 is 0.647 bits per heavy atom. The molecule has 84 valence electrons. The van der Waals surface area contributed by atoms with E-state index >= 15 is 0 Å². The molecule has 2 aromatic rings. The van der Waals surface area contributed by atoms with Crippen LogP contribution in [0.2, 0.25) is 0 Å². The molecule has 0 amide bonds. The minimum atomic E-state index is -3.35. The SMILES string of the molecule is [O]=[Sn]([O][Sn](=[O])[c]1ccccc1)[c]1ccccc1. The van der Waals surface area contributed by atoms with Gasteiger partial charge in [-0.15, -0.1) is 0 Å². The van der Waals surface area contributed by atoms with Gasteiger partial charge in [0.15, 0.2) is 0 Å². The number of hydrogen-bond donors (Lipinski definition) is 0. The summed E-state index contributed by atoms with van der Waals surface area (Å²) in [4.78, 5) is 0. The van der Waals surface area contributed by atoms with Crippen LogP contribution in [0.5, 0.6) is 0 Å². The Morgan fingerprint density at radius 3 is 1.35 bits per heavy atom. The molecular weight excluding hydrogens is 430 g/mol. The molecule has 0 spiro atoms. The summed E-state index contributed by atoms with van der Waals surface area (Å²) in [5.74, 6) is 0. The molecule has 0 heterocycles. The van der Waals surface area contributed by atoms with E-state index in [-0.39, 0.29) is 0 Å². The zero-order chi connectivity index (χ0) is 12.1. The van der Waals surface area contributed by atoms with Crippen molar-refractivity contribution < 1.29 is 7.57 Å². The van der Waals surface area contributed by atoms with Crippen LogP contribution in [0.15, 0.2) is 60.7 Å². The quantitative estimate of drug-likeness (QED) is 0.658. The van der Waals surface area contributed by atoms with Gasteiger partial charge in [0.05, 0.1) is 0 Å². The first kappa shape index (κ1) is 13.0. The van der Waals surface area contributed by atoms with Gasteiger partial charge in [0.1, 0.15) is 0 Å². The molecule has 0 aliphatic heterocycles. The molecule has 0 fully saturated rings. The maximum atomic E-state index is 11.9. The fraction of sp³-hybridized carbons (Fsp3) is 0. The van der Waals surface area contributed by atoms with E-state index in [0.717, 1.165) is 0 Å². The molecule has 0 atom stereocenters. The third-order valence-corrected chi connectivity index (χ3v) is 15.0. The molecule has 0 aliphatic carbocycles. The van der Waals surface area contributed by atoms with Crippen molar-refractivity contribution >= 4 is 47.5 Å². The number of benzene rings is 2. The number of rotatable bonds is 4. The van der Waals surface area contributed by atoms with Gasteiger partial charge in [-0.2, -0.15) is 0 Å². The Kier molecular flexibility index (Phi) is 4.99. The minimum absolute atomic E-state index is 0.708. The average molecular weight is 440 g/mol. The molecule has 2 aromatic carbocycles. The molecule has 0 bridgehead atoms. The van der Waals surface area contributed by atoms with Gasteiger partial charge >= 0.3 is 116 Å². The molecule has 0 radical (unpaired) electrons. The van der Waals surface area contributed by atoms with Crippen molar-refractivity contribution in [1.82, 2.24) is 0 Å².